The van der Waals surface area contributed by atoms with E-state index in [1.54, 1.807) is 0 Å². The van der Waals surface area contributed by atoms with Gasteiger partial charge in [-0.2, -0.15) is 0 Å². The van der Waals surface area contributed by atoms with E-state index in [9.17, 15) is 19.5 Å². The molecule has 2 atom stereocenters. The molecule has 0 saturated carbocycles. The number of carboxylic acid groups (broad SMARTS) is 1. The molecule has 0 aliphatic heterocycles. The van der Waals surface area contributed by atoms with Crippen LogP contribution in [-0.4, -0.2) is 87.4 Å². The SMILES string of the molecule is CCC/C=C\C/C=C\CCCCCCCC(=O)OCC(COC(OCC[N+](C)(C)C)C(=O)O)OC(=O)CCCCCCCCCCCCCCCCCCCCCCCCCCCCCCC/C=C\C/C=C\CCCCCCC. The number of hydrogen-bond acceptors (Lipinski definition) is 7. The maximum Gasteiger partial charge on any atom is 0.361 e. The van der Waals surface area contributed by atoms with Gasteiger partial charge in [-0.15, -0.1) is 0 Å². The number of hydrogen-bond donors (Lipinski definition) is 1. The van der Waals surface area contributed by atoms with E-state index in [0.717, 1.165) is 77.0 Å². The summed E-state index contributed by atoms with van der Waals surface area (Å²) in [5, 5.41) is 9.70. The van der Waals surface area contributed by atoms with Gasteiger partial charge in [-0.1, -0.05) is 287 Å². The molecule has 0 amide bonds. The predicted molar refractivity (Wildman–Crippen MR) is 337 cm³/mol. The molecule has 0 fully saturated rings. The van der Waals surface area contributed by atoms with Crippen LogP contribution in [0.5, 0.6) is 0 Å². The van der Waals surface area contributed by atoms with Crippen LogP contribution < -0.4 is 0 Å². The molecule has 0 aliphatic carbocycles. The Balaban J connectivity index is 3.88. The van der Waals surface area contributed by atoms with Gasteiger partial charge in [-0.25, -0.2) is 4.79 Å². The minimum Gasteiger partial charge on any atom is -0.477 e. The highest BCUT2D eigenvalue weighted by atomic mass is 16.7. The second kappa shape index (κ2) is 61.3. The Morgan fingerprint density at radius 1 is 0.380 bits per heavy atom. The van der Waals surface area contributed by atoms with Gasteiger partial charge in [-0.05, 0) is 70.6 Å². The molecule has 9 nitrogen and oxygen atoms in total. The first-order valence-electron chi connectivity index (χ1n) is 33.8. The van der Waals surface area contributed by atoms with Gasteiger partial charge < -0.3 is 28.5 Å². The maximum absolute atomic E-state index is 12.9. The average Bonchev–Trinajstić information content (AvgIpc) is 3.42. The van der Waals surface area contributed by atoms with Crippen molar-refractivity contribution in [2.24, 2.45) is 0 Å². The van der Waals surface area contributed by atoms with Crippen LogP contribution in [-0.2, 0) is 33.3 Å². The second-order valence-electron chi connectivity index (χ2n) is 24.1. The summed E-state index contributed by atoms with van der Waals surface area (Å²) in [5.74, 6) is -2.01. The van der Waals surface area contributed by atoms with Crippen molar-refractivity contribution < 1.29 is 42.9 Å². The number of carboxylic acids is 1. The van der Waals surface area contributed by atoms with Crippen LogP contribution in [0.3, 0.4) is 0 Å². The van der Waals surface area contributed by atoms with Gasteiger partial charge in [0.1, 0.15) is 13.2 Å². The monoisotopic (exact) mass is 1110 g/mol. The summed E-state index contributed by atoms with van der Waals surface area (Å²) in [6.07, 6.45) is 75.4. The number of rotatable bonds is 63. The Morgan fingerprint density at radius 3 is 1.05 bits per heavy atom. The fraction of sp³-hybridized carbons (Fsp3) is 0.843. The molecule has 1 N–H and O–H groups in total. The first kappa shape index (κ1) is 76.2. The highest BCUT2D eigenvalue weighted by Crippen LogP contribution is 2.18. The van der Waals surface area contributed by atoms with E-state index < -0.39 is 24.3 Å². The zero-order chi connectivity index (χ0) is 57.6. The van der Waals surface area contributed by atoms with E-state index in [4.69, 9.17) is 18.9 Å². The topological polar surface area (TPSA) is 108 Å². The summed E-state index contributed by atoms with van der Waals surface area (Å²) in [5.41, 5.74) is 0. The van der Waals surface area contributed by atoms with Crippen LogP contribution in [0.15, 0.2) is 48.6 Å². The van der Waals surface area contributed by atoms with Crippen molar-refractivity contribution in [2.45, 2.75) is 334 Å². The number of nitrogens with zero attached hydrogens (tertiary/aromatic N) is 1. The fourth-order valence-electron chi connectivity index (χ4n) is 9.85. The molecule has 79 heavy (non-hydrogen) atoms. The molecule has 9 heteroatoms. The van der Waals surface area contributed by atoms with Gasteiger partial charge in [0.05, 0.1) is 34.4 Å². The van der Waals surface area contributed by atoms with E-state index in [2.05, 4.69) is 62.5 Å². The molecule has 0 spiro atoms. The summed E-state index contributed by atoms with van der Waals surface area (Å²) < 4.78 is 22.9. The molecule has 0 aromatic carbocycles. The lowest BCUT2D eigenvalue weighted by molar-refractivity contribution is -0.870. The number of quaternary nitrogens is 1. The molecule has 0 bridgehead atoms. The minimum atomic E-state index is -1.51. The maximum atomic E-state index is 12.9. The summed E-state index contributed by atoms with van der Waals surface area (Å²) in [4.78, 5) is 37.4. The number of likely N-dealkylation sites (N-methyl/N-ethyl adjacent to an activating group) is 1. The standard InChI is InChI=1S/C70H129NO8/c1-6-8-10-12-14-16-18-20-21-22-23-24-25-26-27-28-29-30-31-32-33-34-35-36-37-38-39-40-41-42-43-44-45-46-47-49-51-53-55-57-59-61-68(73)79-66(65-78-70(69(74)75)76-63-62-71(3,4)5)64-77-67(72)60-58-56-54-52-50-48-19-17-15-13-11-9-7-2/h11,13,17-20,22-23,66,70H,6-10,12,14-16,21,24-65H2,1-5H3/p+1/b13-11-,19-17-,20-18-,23-22-. The summed E-state index contributed by atoms with van der Waals surface area (Å²) in [6, 6.07) is 0. The molecule has 0 aromatic heterocycles. The van der Waals surface area contributed by atoms with Gasteiger partial charge in [0, 0.05) is 12.8 Å². The van der Waals surface area contributed by atoms with Crippen molar-refractivity contribution in [1.82, 2.24) is 0 Å². The van der Waals surface area contributed by atoms with E-state index in [-0.39, 0.29) is 38.6 Å². The van der Waals surface area contributed by atoms with Crippen molar-refractivity contribution in [3.63, 3.8) is 0 Å². The Morgan fingerprint density at radius 2 is 0.709 bits per heavy atom. The molecule has 2 unspecified atom stereocenters. The average molecular weight is 1110 g/mol. The highest BCUT2D eigenvalue weighted by Gasteiger charge is 2.25. The van der Waals surface area contributed by atoms with Crippen molar-refractivity contribution in [3.05, 3.63) is 48.6 Å². The van der Waals surface area contributed by atoms with Gasteiger partial charge >= 0.3 is 17.9 Å². The van der Waals surface area contributed by atoms with Gasteiger partial charge in [0.15, 0.2) is 6.10 Å². The lowest BCUT2D eigenvalue weighted by atomic mass is 10.0. The molecule has 0 rings (SSSR count). The van der Waals surface area contributed by atoms with E-state index >= 15 is 0 Å². The van der Waals surface area contributed by atoms with Crippen molar-refractivity contribution >= 4 is 17.9 Å². The molecule has 0 heterocycles. The van der Waals surface area contributed by atoms with E-state index in [1.807, 2.05) is 21.1 Å². The van der Waals surface area contributed by atoms with E-state index in [0.29, 0.717) is 11.0 Å². The van der Waals surface area contributed by atoms with Crippen LogP contribution in [0.1, 0.15) is 322 Å². The predicted octanol–water partition coefficient (Wildman–Crippen LogP) is 20.6. The van der Waals surface area contributed by atoms with Crippen LogP contribution in [0.25, 0.3) is 0 Å². The molecular weight excluding hydrogens is 983 g/mol. The second-order valence-corrected chi connectivity index (χ2v) is 24.1. The normalized spacial score (nSPS) is 13.0. The number of esters is 2. The van der Waals surface area contributed by atoms with Crippen LogP contribution >= 0.6 is 0 Å². The molecule has 462 valence electrons. The Kier molecular flexibility index (Phi) is 59.2. The van der Waals surface area contributed by atoms with Crippen LogP contribution in [0.2, 0.25) is 0 Å². The number of carbonyl (C=O) groups excluding carboxylic acids is 2. The van der Waals surface area contributed by atoms with Crippen LogP contribution in [0.4, 0.5) is 0 Å². The third-order valence-electron chi connectivity index (χ3n) is 15.0. The number of allylic oxidation sites excluding steroid dienone is 8. The third-order valence-corrected chi connectivity index (χ3v) is 15.0. The van der Waals surface area contributed by atoms with Gasteiger partial charge in [0.2, 0.25) is 0 Å². The van der Waals surface area contributed by atoms with Gasteiger partial charge in [0.25, 0.3) is 6.29 Å². The van der Waals surface area contributed by atoms with E-state index in [1.165, 1.54) is 218 Å². The molecule has 0 radical (unpaired) electrons. The minimum absolute atomic E-state index is 0.186. The van der Waals surface area contributed by atoms with Crippen molar-refractivity contribution in [3.8, 4) is 0 Å². The van der Waals surface area contributed by atoms with Crippen LogP contribution in [0, 0.1) is 0 Å². The largest absolute Gasteiger partial charge is 0.477 e. The Bertz CT molecular complexity index is 1430. The Labute approximate surface area is 489 Å². The summed E-state index contributed by atoms with van der Waals surface area (Å²) >= 11 is 0. The fourth-order valence-corrected chi connectivity index (χ4v) is 9.85. The highest BCUT2D eigenvalue weighted by molar-refractivity contribution is 5.71. The van der Waals surface area contributed by atoms with Crippen molar-refractivity contribution in [2.75, 3.05) is 47.5 Å². The molecule has 0 aliphatic rings. The number of unbranched alkanes of at least 4 members (excludes halogenated alkanes) is 40. The summed E-state index contributed by atoms with van der Waals surface area (Å²) in [6.45, 7) is 4.82. The number of ether oxygens (including phenoxy) is 4. The smallest absolute Gasteiger partial charge is 0.361 e. The molecule has 0 saturated heterocycles. The lowest BCUT2D eigenvalue weighted by Crippen LogP contribution is -2.40. The first-order chi connectivity index (χ1) is 38.6. The third kappa shape index (κ3) is 62.7. The quantitative estimate of drug-likeness (QED) is 0.0211. The van der Waals surface area contributed by atoms with Gasteiger partial charge in [-0.3, -0.25) is 9.59 Å². The lowest BCUT2D eigenvalue weighted by Gasteiger charge is -2.25. The number of carbonyl (C=O) groups is 3. The zero-order valence-electron chi connectivity index (χ0n) is 52.8. The zero-order valence-corrected chi connectivity index (χ0v) is 52.8. The number of aliphatic carboxylic acids is 1. The first-order valence-corrected chi connectivity index (χ1v) is 33.8. The summed E-state index contributed by atoms with van der Waals surface area (Å²) in [7, 11) is 5.97. The molecular formula is C70H130NO8+. The molecule has 0 aromatic rings. The van der Waals surface area contributed by atoms with Crippen molar-refractivity contribution in [1.29, 1.82) is 0 Å². The Hall–Kier alpha value is -2.75.